The van der Waals surface area contributed by atoms with Crippen molar-refractivity contribution in [2.24, 2.45) is 5.92 Å². The van der Waals surface area contributed by atoms with Crippen LogP contribution in [-0.4, -0.2) is 33.6 Å². The Kier molecular flexibility index (Phi) is 2.56. The Morgan fingerprint density at radius 1 is 1.46 bits per heavy atom. The first-order chi connectivity index (χ1) is 6.38. The molecule has 1 aromatic rings. The van der Waals surface area contributed by atoms with Gasteiger partial charge in [0.2, 0.25) is 0 Å². The number of aromatic amines is 1. The number of H-pyrrole nitrogens is 1. The summed E-state index contributed by atoms with van der Waals surface area (Å²) in [6, 6.07) is 0. The molecule has 1 aliphatic rings. The van der Waals surface area contributed by atoms with Crippen LogP contribution in [-0.2, 0) is 0 Å². The second-order valence-corrected chi connectivity index (χ2v) is 3.43. The summed E-state index contributed by atoms with van der Waals surface area (Å²) < 4.78 is 0. The van der Waals surface area contributed by atoms with Crippen LogP contribution in [0.4, 0.5) is 0 Å². The first-order valence-electron chi connectivity index (χ1n) is 4.62. The molecule has 0 aliphatic carbocycles. The molecule has 2 rings (SSSR count). The van der Waals surface area contributed by atoms with Crippen LogP contribution in [0.2, 0.25) is 0 Å². The van der Waals surface area contributed by atoms with Gasteiger partial charge >= 0.3 is 0 Å². The molecule has 0 bridgehead atoms. The van der Waals surface area contributed by atoms with Crippen molar-refractivity contribution < 1.29 is 5.11 Å². The minimum Gasteiger partial charge on any atom is -0.386 e. The zero-order chi connectivity index (χ0) is 9.10. The van der Waals surface area contributed by atoms with E-state index in [2.05, 4.69) is 20.7 Å². The lowest BCUT2D eigenvalue weighted by molar-refractivity contribution is 0.0851. The van der Waals surface area contributed by atoms with Crippen molar-refractivity contribution >= 4 is 0 Å². The number of nitrogens with zero attached hydrogens (tertiary/aromatic N) is 2. The number of aliphatic hydroxyl groups excluding tert-OH is 1. The van der Waals surface area contributed by atoms with E-state index in [9.17, 15) is 5.11 Å². The van der Waals surface area contributed by atoms with Crippen molar-refractivity contribution in [3.05, 3.63) is 11.9 Å². The van der Waals surface area contributed by atoms with Gasteiger partial charge in [0.15, 0.2) is 0 Å². The zero-order valence-electron chi connectivity index (χ0n) is 7.40. The van der Waals surface area contributed by atoms with Gasteiger partial charge in [0.05, 0.1) is 6.20 Å². The van der Waals surface area contributed by atoms with Crippen LogP contribution in [0.15, 0.2) is 6.20 Å². The Bertz CT molecular complexity index is 243. The fraction of sp³-hybridized carbons (Fsp3) is 0.750. The lowest BCUT2D eigenvalue weighted by atomic mass is 9.91. The van der Waals surface area contributed by atoms with E-state index in [1.165, 1.54) is 0 Å². The fourth-order valence-corrected chi connectivity index (χ4v) is 1.75. The number of nitrogens with one attached hydrogen (secondary N) is 2. The maximum absolute atomic E-state index is 9.88. The summed E-state index contributed by atoms with van der Waals surface area (Å²) in [5.74, 6) is 0.325. The molecule has 13 heavy (non-hydrogen) atoms. The second kappa shape index (κ2) is 3.85. The van der Waals surface area contributed by atoms with E-state index in [0.29, 0.717) is 11.6 Å². The molecule has 1 unspecified atom stereocenters. The maximum Gasteiger partial charge on any atom is 0.111 e. The fourth-order valence-electron chi connectivity index (χ4n) is 1.75. The van der Waals surface area contributed by atoms with Crippen molar-refractivity contribution in [3.8, 4) is 0 Å². The first-order valence-corrected chi connectivity index (χ1v) is 4.62. The number of hydrogen-bond donors (Lipinski definition) is 3. The molecule has 5 nitrogen and oxygen atoms in total. The summed E-state index contributed by atoms with van der Waals surface area (Å²) in [5.41, 5.74) is 0.659. The van der Waals surface area contributed by atoms with Gasteiger partial charge in [0.25, 0.3) is 0 Å². The third-order valence-electron chi connectivity index (χ3n) is 2.57. The number of rotatable bonds is 2. The lowest BCUT2D eigenvalue weighted by Crippen LogP contribution is -2.30. The van der Waals surface area contributed by atoms with Crippen LogP contribution in [0.5, 0.6) is 0 Å². The van der Waals surface area contributed by atoms with Crippen molar-refractivity contribution in [3.63, 3.8) is 0 Å². The van der Waals surface area contributed by atoms with Crippen molar-refractivity contribution in [1.82, 2.24) is 20.7 Å². The van der Waals surface area contributed by atoms with Crippen molar-refractivity contribution in [2.75, 3.05) is 13.1 Å². The maximum atomic E-state index is 9.88. The monoisotopic (exact) mass is 182 g/mol. The van der Waals surface area contributed by atoms with Gasteiger partial charge in [0.1, 0.15) is 11.8 Å². The van der Waals surface area contributed by atoms with Gasteiger partial charge in [-0.15, -0.1) is 0 Å². The summed E-state index contributed by atoms with van der Waals surface area (Å²) in [6.07, 6.45) is 3.15. The number of aliphatic hydroxyl groups is 1. The van der Waals surface area contributed by atoms with E-state index < -0.39 is 6.10 Å². The van der Waals surface area contributed by atoms with E-state index >= 15 is 0 Å². The molecule has 5 heteroatoms. The molecular weight excluding hydrogens is 168 g/mol. The standard InChI is InChI=1S/C8H14N4O/c13-8(7-5-10-12-11-7)6-1-3-9-4-2-6/h5-6,8-9,13H,1-4H2,(H,10,11,12). The molecule has 1 aliphatic heterocycles. The summed E-state index contributed by atoms with van der Waals surface area (Å²) >= 11 is 0. The SMILES string of the molecule is OC(c1cn[nH]n1)C1CCNCC1. The molecule has 0 radical (unpaired) electrons. The molecule has 1 saturated heterocycles. The third-order valence-corrected chi connectivity index (χ3v) is 2.57. The van der Waals surface area contributed by atoms with Gasteiger partial charge in [-0.1, -0.05) is 0 Å². The molecule has 72 valence electrons. The smallest absolute Gasteiger partial charge is 0.111 e. The molecule has 0 amide bonds. The summed E-state index contributed by atoms with van der Waals surface area (Å²) in [6.45, 7) is 1.97. The lowest BCUT2D eigenvalue weighted by Gasteiger charge is -2.25. The number of hydrogen-bond acceptors (Lipinski definition) is 4. The van der Waals surface area contributed by atoms with E-state index in [0.717, 1.165) is 25.9 Å². The van der Waals surface area contributed by atoms with Gasteiger partial charge in [-0.05, 0) is 31.8 Å². The minimum absolute atomic E-state index is 0.325. The second-order valence-electron chi connectivity index (χ2n) is 3.43. The van der Waals surface area contributed by atoms with Gasteiger partial charge in [-0.2, -0.15) is 15.4 Å². The molecule has 0 saturated carbocycles. The molecular formula is C8H14N4O. The Labute approximate surface area is 76.5 Å². The van der Waals surface area contributed by atoms with E-state index in [4.69, 9.17) is 0 Å². The molecule has 1 fully saturated rings. The average Bonchev–Trinajstić information content (AvgIpc) is 2.71. The number of aromatic nitrogens is 3. The molecule has 0 spiro atoms. The highest BCUT2D eigenvalue weighted by molar-refractivity contribution is 4.98. The minimum atomic E-state index is -0.458. The predicted octanol–water partition coefficient (Wildman–Crippen LogP) is -0.162. The average molecular weight is 182 g/mol. The van der Waals surface area contributed by atoms with Gasteiger partial charge in [0, 0.05) is 0 Å². The predicted molar refractivity (Wildman–Crippen MR) is 46.9 cm³/mol. The van der Waals surface area contributed by atoms with E-state index in [1.807, 2.05) is 0 Å². The Morgan fingerprint density at radius 3 is 2.85 bits per heavy atom. The normalized spacial score (nSPS) is 21.6. The van der Waals surface area contributed by atoms with Crippen LogP contribution in [0.1, 0.15) is 24.6 Å². The molecule has 2 heterocycles. The molecule has 1 aromatic heterocycles. The topological polar surface area (TPSA) is 73.8 Å². The van der Waals surface area contributed by atoms with Gasteiger partial charge in [-0.25, -0.2) is 0 Å². The number of piperidine rings is 1. The summed E-state index contributed by atoms with van der Waals surface area (Å²) in [5, 5.41) is 23.2. The van der Waals surface area contributed by atoms with Crippen LogP contribution in [0, 0.1) is 5.92 Å². The molecule has 1 atom stereocenters. The van der Waals surface area contributed by atoms with Crippen LogP contribution < -0.4 is 5.32 Å². The van der Waals surface area contributed by atoms with Crippen LogP contribution in [0.25, 0.3) is 0 Å². The highest BCUT2D eigenvalue weighted by Gasteiger charge is 2.24. The van der Waals surface area contributed by atoms with E-state index in [-0.39, 0.29) is 0 Å². The summed E-state index contributed by atoms with van der Waals surface area (Å²) in [4.78, 5) is 0. The Hall–Kier alpha value is -0.940. The quantitative estimate of drug-likeness (QED) is 0.594. The van der Waals surface area contributed by atoms with E-state index in [1.54, 1.807) is 6.20 Å². The van der Waals surface area contributed by atoms with Crippen LogP contribution in [0.3, 0.4) is 0 Å². The highest BCUT2D eigenvalue weighted by Crippen LogP contribution is 2.26. The summed E-state index contributed by atoms with van der Waals surface area (Å²) in [7, 11) is 0. The van der Waals surface area contributed by atoms with Gasteiger partial charge < -0.3 is 10.4 Å². The molecule has 0 aromatic carbocycles. The largest absolute Gasteiger partial charge is 0.386 e. The molecule has 3 N–H and O–H groups in total. The first kappa shape index (κ1) is 8.65. The van der Waals surface area contributed by atoms with Crippen molar-refractivity contribution in [2.45, 2.75) is 18.9 Å². The van der Waals surface area contributed by atoms with Gasteiger partial charge in [-0.3, -0.25) is 0 Å². The zero-order valence-corrected chi connectivity index (χ0v) is 7.40. The Balaban J connectivity index is 1.99. The van der Waals surface area contributed by atoms with Crippen LogP contribution >= 0.6 is 0 Å². The highest BCUT2D eigenvalue weighted by atomic mass is 16.3. The van der Waals surface area contributed by atoms with Crippen molar-refractivity contribution in [1.29, 1.82) is 0 Å². The Morgan fingerprint density at radius 2 is 2.23 bits per heavy atom. The third kappa shape index (κ3) is 1.87.